The van der Waals surface area contributed by atoms with Gasteiger partial charge in [0.25, 0.3) is 5.56 Å². The second kappa shape index (κ2) is 6.80. The molecule has 136 valence electrons. The summed E-state index contributed by atoms with van der Waals surface area (Å²) < 4.78 is 5.18. The van der Waals surface area contributed by atoms with Crippen LogP contribution in [0.5, 0.6) is 0 Å². The van der Waals surface area contributed by atoms with E-state index in [4.69, 9.17) is 17.0 Å². The Morgan fingerprint density at radius 3 is 2.42 bits per heavy atom. The van der Waals surface area contributed by atoms with E-state index in [1.165, 1.54) is 7.11 Å². The van der Waals surface area contributed by atoms with Gasteiger partial charge in [0.2, 0.25) is 0 Å². The molecule has 3 N–H and O–H groups in total. The van der Waals surface area contributed by atoms with Crippen LogP contribution in [0.15, 0.2) is 40.3 Å². The molecule has 8 heteroatoms. The fraction of sp³-hybridized carbons (Fsp3) is 0.278. The molecule has 1 unspecified atom stereocenters. The van der Waals surface area contributed by atoms with Crippen LogP contribution in [0.1, 0.15) is 24.0 Å². The highest BCUT2D eigenvalue weighted by Gasteiger charge is 2.35. The lowest BCUT2D eigenvalue weighted by molar-refractivity contribution is -0.136. The number of esters is 1. The number of anilines is 2. The Morgan fingerprint density at radius 1 is 1.19 bits per heavy atom. The number of carbonyl (C=O) groups is 1. The predicted octanol–water partition coefficient (Wildman–Crippen LogP) is 2.50. The summed E-state index contributed by atoms with van der Waals surface area (Å²) in [6.07, 6.45) is 0. The molecule has 2 aromatic rings. The van der Waals surface area contributed by atoms with Gasteiger partial charge in [0, 0.05) is 25.5 Å². The number of carbonyl (C=O) groups excluding carboxylic acids is 1. The fourth-order valence-electron chi connectivity index (χ4n) is 3.16. The van der Waals surface area contributed by atoms with Crippen LogP contribution in [0.3, 0.4) is 0 Å². The molecule has 0 bridgehead atoms. The average Bonchev–Trinajstić information content (AvgIpc) is 2.59. The minimum absolute atomic E-state index is 0.220. The van der Waals surface area contributed by atoms with Gasteiger partial charge in [-0.15, -0.1) is 0 Å². The Labute approximate surface area is 155 Å². The van der Waals surface area contributed by atoms with E-state index in [1.807, 2.05) is 43.3 Å². The van der Waals surface area contributed by atoms with E-state index in [-0.39, 0.29) is 10.3 Å². The number of aromatic amines is 2. The third-order valence-corrected chi connectivity index (χ3v) is 4.63. The Morgan fingerprint density at radius 2 is 1.85 bits per heavy atom. The second-order valence-electron chi connectivity index (χ2n) is 6.27. The van der Waals surface area contributed by atoms with Crippen LogP contribution < -0.4 is 15.8 Å². The number of rotatable bonds is 3. The van der Waals surface area contributed by atoms with Crippen molar-refractivity contribution >= 4 is 29.7 Å². The summed E-state index contributed by atoms with van der Waals surface area (Å²) in [6, 6.07) is 7.71. The molecular formula is C18H20N4O3S. The molecule has 3 rings (SSSR count). The quantitative estimate of drug-likeness (QED) is 0.567. The molecule has 0 spiro atoms. The van der Waals surface area contributed by atoms with E-state index < -0.39 is 11.9 Å². The van der Waals surface area contributed by atoms with Crippen LogP contribution in [-0.2, 0) is 9.53 Å². The van der Waals surface area contributed by atoms with Crippen molar-refractivity contribution in [3.05, 3.63) is 61.8 Å². The number of fused-ring (bicyclic) bond motifs is 1. The summed E-state index contributed by atoms with van der Waals surface area (Å²) in [6.45, 7) is 1.77. The third-order valence-electron chi connectivity index (χ3n) is 4.42. The Bertz CT molecular complexity index is 1000. The van der Waals surface area contributed by atoms with E-state index >= 15 is 0 Å². The summed E-state index contributed by atoms with van der Waals surface area (Å²) in [5, 5.41) is 3.06. The number of benzene rings is 1. The van der Waals surface area contributed by atoms with Gasteiger partial charge in [-0.05, 0) is 36.8 Å². The molecule has 1 atom stereocenters. The molecule has 7 nitrogen and oxygen atoms in total. The van der Waals surface area contributed by atoms with Gasteiger partial charge in [-0.1, -0.05) is 12.1 Å². The number of nitrogens with one attached hydrogen (secondary N) is 3. The number of ether oxygens (including phenoxy) is 1. The molecule has 1 aliphatic rings. The minimum atomic E-state index is -0.564. The summed E-state index contributed by atoms with van der Waals surface area (Å²) in [5.74, 6) is -0.555. The second-order valence-corrected chi connectivity index (χ2v) is 6.68. The highest BCUT2D eigenvalue weighted by atomic mass is 32.1. The number of aromatic nitrogens is 2. The Kier molecular flexibility index (Phi) is 4.69. The largest absolute Gasteiger partial charge is 0.466 e. The number of methoxy groups -OCH3 is 1. The first kappa shape index (κ1) is 17.9. The molecule has 0 aliphatic carbocycles. The average molecular weight is 372 g/mol. The number of hydrogen-bond acceptors (Lipinski definition) is 6. The zero-order valence-electron chi connectivity index (χ0n) is 15.0. The van der Waals surface area contributed by atoms with E-state index in [9.17, 15) is 9.59 Å². The smallest absolute Gasteiger partial charge is 0.336 e. The molecule has 0 saturated carbocycles. The summed E-state index contributed by atoms with van der Waals surface area (Å²) in [5.41, 5.74) is 2.91. The van der Waals surface area contributed by atoms with Crippen LogP contribution in [-0.4, -0.2) is 37.1 Å². The molecule has 0 amide bonds. The molecule has 26 heavy (non-hydrogen) atoms. The first-order valence-corrected chi connectivity index (χ1v) is 8.44. The van der Waals surface area contributed by atoms with E-state index in [1.54, 1.807) is 6.92 Å². The predicted molar refractivity (Wildman–Crippen MR) is 103 cm³/mol. The maximum Gasteiger partial charge on any atom is 0.336 e. The SMILES string of the molecule is COC(=O)C1=C(C)Nc2[nH]c(=S)[nH]c(=O)c2C1c1ccc(N(C)C)cc1. The van der Waals surface area contributed by atoms with E-state index in [0.29, 0.717) is 22.7 Å². The van der Waals surface area contributed by atoms with Crippen LogP contribution >= 0.6 is 12.2 Å². The van der Waals surface area contributed by atoms with Crippen molar-refractivity contribution in [2.45, 2.75) is 12.8 Å². The first-order chi connectivity index (χ1) is 12.3. The zero-order valence-corrected chi connectivity index (χ0v) is 15.8. The maximum atomic E-state index is 12.6. The summed E-state index contributed by atoms with van der Waals surface area (Å²) >= 11 is 5.06. The van der Waals surface area contributed by atoms with Gasteiger partial charge in [0.15, 0.2) is 4.77 Å². The van der Waals surface area contributed by atoms with Crippen molar-refractivity contribution in [3.63, 3.8) is 0 Å². The molecule has 1 aromatic heterocycles. The molecule has 0 radical (unpaired) electrons. The molecular weight excluding hydrogens is 352 g/mol. The standard InChI is InChI=1S/C18H20N4O3S/c1-9-12(17(24)25-4)13(10-5-7-11(8-6-10)22(2)3)14-15(19-9)20-18(26)21-16(14)23/h5-8,13H,1-4H3,(H3,19,20,21,23,26). The molecule has 0 saturated heterocycles. The topological polar surface area (TPSA) is 90.2 Å². The van der Waals surface area contributed by atoms with Gasteiger partial charge in [-0.2, -0.15) is 0 Å². The number of H-pyrrole nitrogens is 2. The third kappa shape index (κ3) is 3.03. The molecule has 1 aromatic carbocycles. The van der Waals surface area contributed by atoms with Gasteiger partial charge >= 0.3 is 5.97 Å². The van der Waals surface area contributed by atoms with Gasteiger partial charge in [0.1, 0.15) is 5.82 Å². The van der Waals surface area contributed by atoms with Crippen molar-refractivity contribution in [1.82, 2.24) is 9.97 Å². The summed E-state index contributed by atoms with van der Waals surface area (Å²) in [7, 11) is 5.22. The Balaban J connectivity index is 2.26. The van der Waals surface area contributed by atoms with Crippen LogP contribution in [0.25, 0.3) is 0 Å². The lowest BCUT2D eigenvalue weighted by Gasteiger charge is -2.29. The Hall–Kier alpha value is -2.87. The number of hydrogen-bond donors (Lipinski definition) is 3. The van der Waals surface area contributed by atoms with Crippen molar-refractivity contribution in [2.24, 2.45) is 0 Å². The zero-order chi connectivity index (χ0) is 19.0. The summed E-state index contributed by atoms with van der Waals surface area (Å²) in [4.78, 5) is 32.6. The highest BCUT2D eigenvalue weighted by Crippen LogP contribution is 2.39. The van der Waals surface area contributed by atoms with Crippen LogP contribution in [0.4, 0.5) is 11.5 Å². The number of allylic oxidation sites excluding steroid dienone is 1. The molecule has 2 heterocycles. The minimum Gasteiger partial charge on any atom is -0.466 e. The first-order valence-electron chi connectivity index (χ1n) is 8.03. The van der Waals surface area contributed by atoms with Gasteiger partial charge in [-0.25, -0.2) is 4.79 Å². The lowest BCUT2D eigenvalue weighted by Crippen LogP contribution is -2.30. The normalized spacial score (nSPS) is 15.9. The molecule has 1 aliphatic heterocycles. The molecule has 0 fully saturated rings. The van der Waals surface area contributed by atoms with Crippen molar-refractivity contribution in [1.29, 1.82) is 0 Å². The fourth-order valence-corrected chi connectivity index (χ4v) is 3.36. The monoisotopic (exact) mass is 372 g/mol. The van der Waals surface area contributed by atoms with Crippen LogP contribution in [0, 0.1) is 4.77 Å². The maximum absolute atomic E-state index is 12.6. The lowest BCUT2D eigenvalue weighted by atomic mass is 9.82. The van der Waals surface area contributed by atoms with Crippen molar-refractivity contribution in [3.8, 4) is 0 Å². The van der Waals surface area contributed by atoms with Gasteiger partial charge < -0.3 is 19.9 Å². The number of nitrogens with zero attached hydrogens (tertiary/aromatic N) is 1. The van der Waals surface area contributed by atoms with Crippen LogP contribution in [0.2, 0.25) is 0 Å². The van der Waals surface area contributed by atoms with E-state index in [2.05, 4.69) is 15.3 Å². The highest BCUT2D eigenvalue weighted by molar-refractivity contribution is 7.71. The van der Waals surface area contributed by atoms with Crippen molar-refractivity contribution in [2.75, 3.05) is 31.4 Å². The van der Waals surface area contributed by atoms with E-state index in [0.717, 1.165) is 11.3 Å². The van der Waals surface area contributed by atoms with Gasteiger partial charge in [-0.3, -0.25) is 9.78 Å². The van der Waals surface area contributed by atoms with Crippen molar-refractivity contribution < 1.29 is 9.53 Å². The van der Waals surface area contributed by atoms with Gasteiger partial charge in [0.05, 0.1) is 24.2 Å².